The number of alkyl halides is 1. The fourth-order valence-electron chi connectivity index (χ4n) is 1.81. The molecule has 0 amide bonds. The van der Waals surface area contributed by atoms with E-state index in [2.05, 4.69) is 40.2 Å². The number of rotatable bonds is 6. The van der Waals surface area contributed by atoms with Crippen LogP contribution in [0, 0.1) is 5.92 Å². The van der Waals surface area contributed by atoms with E-state index in [4.69, 9.17) is 11.6 Å². The molecule has 2 aromatic heterocycles. The Labute approximate surface area is 111 Å². The third-order valence-corrected chi connectivity index (χ3v) is 4.01. The highest BCUT2D eigenvalue weighted by Gasteiger charge is 2.08. The van der Waals surface area contributed by atoms with Crippen LogP contribution in [0.5, 0.6) is 0 Å². The fraction of sp³-hybridized carbons (Fsp3) is 0.462. The molecule has 4 heteroatoms. The molecule has 0 N–H and O–H groups in total. The van der Waals surface area contributed by atoms with Crippen LogP contribution in [0.3, 0.4) is 0 Å². The molecule has 0 aliphatic heterocycles. The second kappa shape index (κ2) is 6.22. The highest BCUT2D eigenvalue weighted by molar-refractivity contribution is 7.13. The van der Waals surface area contributed by atoms with Gasteiger partial charge in [0.25, 0.3) is 0 Å². The van der Waals surface area contributed by atoms with Crippen molar-refractivity contribution < 1.29 is 0 Å². The van der Waals surface area contributed by atoms with E-state index in [-0.39, 0.29) is 0 Å². The third-order valence-electron chi connectivity index (χ3n) is 2.92. The number of thiophene rings is 1. The first-order valence-electron chi connectivity index (χ1n) is 5.92. The molecular formula is C13H17ClN2S. The number of nitrogens with zero attached hydrogens (tertiary/aromatic N) is 2. The van der Waals surface area contributed by atoms with Gasteiger partial charge in [-0.1, -0.05) is 13.0 Å². The molecule has 0 radical (unpaired) electrons. The third kappa shape index (κ3) is 3.33. The molecule has 1 unspecified atom stereocenters. The van der Waals surface area contributed by atoms with Crippen LogP contribution in [0.4, 0.5) is 0 Å². The Kier molecular flexibility index (Phi) is 4.63. The van der Waals surface area contributed by atoms with Gasteiger partial charge in [0.1, 0.15) is 5.82 Å². The molecule has 0 fully saturated rings. The summed E-state index contributed by atoms with van der Waals surface area (Å²) in [4.78, 5) is 5.67. The number of hydrogen-bond acceptors (Lipinski definition) is 2. The van der Waals surface area contributed by atoms with Crippen molar-refractivity contribution in [2.45, 2.75) is 26.3 Å². The van der Waals surface area contributed by atoms with Crippen LogP contribution in [-0.4, -0.2) is 15.4 Å². The van der Waals surface area contributed by atoms with Crippen molar-refractivity contribution in [3.8, 4) is 10.7 Å². The molecular weight excluding hydrogens is 252 g/mol. The topological polar surface area (TPSA) is 17.8 Å². The highest BCUT2D eigenvalue weighted by Crippen LogP contribution is 2.23. The molecule has 0 aliphatic carbocycles. The normalized spacial score (nSPS) is 12.8. The standard InChI is InChI=1S/C13H17ClN2S/c1-11(4-6-14)5-8-16-9-7-15-13(16)12-3-2-10-17-12/h2-3,7,9-11H,4-6,8H2,1H3. The van der Waals surface area contributed by atoms with Crippen molar-refractivity contribution in [1.82, 2.24) is 9.55 Å². The monoisotopic (exact) mass is 268 g/mol. The summed E-state index contributed by atoms with van der Waals surface area (Å²) < 4.78 is 2.23. The summed E-state index contributed by atoms with van der Waals surface area (Å²) in [6.07, 6.45) is 6.18. The van der Waals surface area contributed by atoms with E-state index in [9.17, 15) is 0 Å². The average Bonchev–Trinajstić information content (AvgIpc) is 2.97. The van der Waals surface area contributed by atoms with Gasteiger partial charge in [-0.3, -0.25) is 0 Å². The molecule has 2 nitrogen and oxygen atoms in total. The summed E-state index contributed by atoms with van der Waals surface area (Å²) in [6, 6.07) is 4.18. The first kappa shape index (κ1) is 12.7. The Bertz CT molecular complexity index is 436. The van der Waals surface area contributed by atoms with Gasteiger partial charge in [0, 0.05) is 24.8 Å². The van der Waals surface area contributed by atoms with Crippen molar-refractivity contribution >= 4 is 22.9 Å². The van der Waals surface area contributed by atoms with E-state index < -0.39 is 0 Å². The molecule has 0 aliphatic rings. The number of aryl methyl sites for hydroxylation is 1. The van der Waals surface area contributed by atoms with Gasteiger partial charge < -0.3 is 4.57 Å². The minimum absolute atomic E-state index is 0.672. The van der Waals surface area contributed by atoms with Crippen LogP contribution < -0.4 is 0 Å². The first-order valence-corrected chi connectivity index (χ1v) is 7.33. The molecule has 2 aromatic rings. The summed E-state index contributed by atoms with van der Waals surface area (Å²) in [7, 11) is 0. The van der Waals surface area contributed by atoms with Gasteiger partial charge in [-0.25, -0.2) is 4.98 Å². The SMILES string of the molecule is CC(CCCl)CCn1ccnc1-c1cccs1. The fourth-order valence-corrected chi connectivity index (χ4v) is 2.92. The number of hydrogen-bond donors (Lipinski definition) is 0. The van der Waals surface area contributed by atoms with Gasteiger partial charge in [-0.15, -0.1) is 22.9 Å². The number of imidazole rings is 1. The lowest BCUT2D eigenvalue weighted by Crippen LogP contribution is -2.04. The molecule has 0 aromatic carbocycles. The quantitative estimate of drug-likeness (QED) is 0.716. The highest BCUT2D eigenvalue weighted by atomic mass is 35.5. The van der Waals surface area contributed by atoms with Gasteiger partial charge in [-0.05, 0) is 30.2 Å². The average molecular weight is 269 g/mol. The molecule has 0 saturated heterocycles. The van der Waals surface area contributed by atoms with Crippen molar-refractivity contribution in [2.75, 3.05) is 5.88 Å². The van der Waals surface area contributed by atoms with E-state index in [1.165, 1.54) is 4.88 Å². The van der Waals surface area contributed by atoms with Crippen LogP contribution in [0.15, 0.2) is 29.9 Å². The molecule has 0 saturated carbocycles. The predicted molar refractivity (Wildman–Crippen MR) is 74.7 cm³/mol. The zero-order chi connectivity index (χ0) is 12.1. The molecule has 17 heavy (non-hydrogen) atoms. The Morgan fingerprint density at radius 1 is 1.47 bits per heavy atom. The molecule has 2 rings (SSSR count). The smallest absolute Gasteiger partial charge is 0.149 e. The molecule has 92 valence electrons. The lowest BCUT2D eigenvalue weighted by Gasteiger charge is -2.11. The Hall–Kier alpha value is -0.800. The van der Waals surface area contributed by atoms with Crippen molar-refractivity contribution in [3.63, 3.8) is 0 Å². The summed E-state index contributed by atoms with van der Waals surface area (Å²) in [5.74, 6) is 2.51. The van der Waals surface area contributed by atoms with E-state index in [0.717, 1.165) is 31.1 Å². The Morgan fingerprint density at radius 2 is 2.35 bits per heavy atom. The molecule has 0 bridgehead atoms. The molecule has 2 heterocycles. The maximum Gasteiger partial charge on any atom is 0.149 e. The lowest BCUT2D eigenvalue weighted by atomic mass is 10.1. The summed E-state index contributed by atoms with van der Waals surface area (Å²) in [5, 5.41) is 2.09. The van der Waals surface area contributed by atoms with Crippen molar-refractivity contribution in [2.24, 2.45) is 5.92 Å². The number of halogens is 1. The van der Waals surface area contributed by atoms with Gasteiger partial charge in [0.2, 0.25) is 0 Å². The van der Waals surface area contributed by atoms with Crippen LogP contribution in [0.2, 0.25) is 0 Å². The van der Waals surface area contributed by atoms with Crippen LogP contribution in [-0.2, 0) is 6.54 Å². The summed E-state index contributed by atoms with van der Waals surface area (Å²) in [5.41, 5.74) is 0. The van der Waals surface area contributed by atoms with E-state index >= 15 is 0 Å². The molecule has 0 spiro atoms. The lowest BCUT2D eigenvalue weighted by molar-refractivity contribution is 0.472. The van der Waals surface area contributed by atoms with Crippen LogP contribution >= 0.6 is 22.9 Å². The summed E-state index contributed by atoms with van der Waals surface area (Å²) >= 11 is 7.49. The Balaban J connectivity index is 2.00. The second-order valence-electron chi connectivity index (χ2n) is 4.29. The zero-order valence-electron chi connectivity index (χ0n) is 9.97. The van der Waals surface area contributed by atoms with E-state index in [1.54, 1.807) is 11.3 Å². The van der Waals surface area contributed by atoms with Gasteiger partial charge in [0.15, 0.2) is 0 Å². The van der Waals surface area contributed by atoms with Crippen molar-refractivity contribution in [1.29, 1.82) is 0 Å². The second-order valence-corrected chi connectivity index (χ2v) is 5.62. The van der Waals surface area contributed by atoms with Gasteiger partial charge >= 0.3 is 0 Å². The zero-order valence-corrected chi connectivity index (χ0v) is 11.5. The number of aromatic nitrogens is 2. The van der Waals surface area contributed by atoms with Gasteiger partial charge in [-0.2, -0.15) is 0 Å². The van der Waals surface area contributed by atoms with Crippen LogP contribution in [0.25, 0.3) is 10.7 Å². The largest absolute Gasteiger partial charge is 0.330 e. The maximum atomic E-state index is 5.75. The van der Waals surface area contributed by atoms with E-state index in [1.807, 2.05) is 6.20 Å². The van der Waals surface area contributed by atoms with Crippen molar-refractivity contribution in [3.05, 3.63) is 29.9 Å². The van der Waals surface area contributed by atoms with Gasteiger partial charge in [0.05, 0.1) is 4.88 Å². The summed E-state index contributed by atoms with van der Waals surface area (Å²) in [6.45, 7) is 3.27. The van der Waals surface area contributed by atoms with E-state index in [0.29, 0.717) is 5.92 Å². The van der Waals surface area contributed by atoms with Crippen LogP contribution in [0.1, 0.15) is 19.8 Å². The Morgan fingerprint density at radius 3 is 3.06 bits per heavy atom. The predicted octanol–water partition coefficient (Wildman–Crippen LogP) is 4.27. The first-order chi connectivity index (χ1) is 8.31. The minimum atomic E-state index is 0.672. The maximum absolute atomic E-state index is 5.75. The molecule has 1 atom stereocenters. The minimum Gasteiger partial charge on any atom is -0.330 e.